The van der Waals surface area contributed by atoms with E-state index in [0.717, 1.165) is 11.4 Å². The predicted octanol–water partition coefficient (Wildman–Crippen LogP) is -0.00510. The van der Waals surface area contributed by atoms with Gasteiger partial charge in [-0.25, -0.2) is 4.98 Å². The van der Waals surface area contributed by atoms with Crippen LogP contribution in [-0.2, 0) is 11.2 Å². The van der Waals surface area contributed by atoms with E-state index in [1.807, 2.05) is 0 Å². The minimum Gasteiger partial charge on any atom is -0.352 e. The van der Waals surface area contributed by atoms with Gasteiger partial charge in [-0.3, -0.25) is 9.59 Å². The fourth-order valence-electron chi connectivity index (χ4n) is 2.16. The van der Waals surface area contributed by atoms with Crippen LogP contribution in [0, 0.1) is 0 Å². The Bertz CT molecular complexity index is 474. The SMILES string of the molecule is CC(=O)NC1CCN(C(=O)c2csc(CCN)n2)C1. The molecule has 0 spiro atoms. The molecular weight excluding hydrogens is 264 g/mol. The van der Waals surface area contributed by atoms with Gasteiger partial charge in [0, 0.05) is 37.9 Å². The average molecular weight is 282 g/mol. The highest BCUT2D eigenvalue weighted by atomic mass is 32.1. The van der Waals surface area contributed by atoms with Crippen LogP contribution < -0.4 is 11.1 Å². The molecule has 0 saturated carbocycles. The molecular formula is C12H18N4O2S. The summed E-state index contributed by atoms with van der Waals surface area (Å²) in [6, 6.07) is 0.0589. The summed E-state index contributed by atoms with van der Waals surface area (Å²) in [5.41, 5.74) is 5.95. The maximum atomic E-state index is 12.2. The van der Waals surface area contributed by atoms with Gasteiger partial charge in [-0.1, -0.05) is 0 Å². The van der Waals surface area contributed by atoms with Gasteiger partial charge in [0.05, 0.1) is 5.01 Å². The van der Waals surface area contributed by atoms with Crippen LogP contribution in [0.1, 0.15) is 28.8 Å². The van der Waals surface area contributed by atoms with Crippen molar-refractivity contribution in [2.45, 2.75) is 25.8 Å². The van der Waals surface area contributed by atoms with E-state index in [-0.39, 0.29) is 17.9 Å². The molecule has 0 bridgehead atoms. The van der Waals surface area contributed by atoms with Crippen LogP contribution >= 0.6 is 11.3 Å². The van der Waals surface area contributed by atoms with Crippen LogP contribution in [0.4, 0.5) is 0 Å². The van der Waals surface area contributed by atoms with Crippen molar-refractivity contribution in [3.05, 3.63) is 16.1 Å². The van der Waals surface area contributed by atoms with Crippen LogP contribution in [0.25, 0.3) is 0 Å². The Kier molecular flexibility index (Phi) is 4.49. The van der Waals surface area contributed by atoms with Gasteiger partial charge in [-0.15, -0.1) is 11.3 Å². The highest BCUT2D eigenvalue weighted by Crippen LogP contribution is 2.16. The fraction of sp³-hybridized carbons (Fsp3) is 0.583. The summed E-state index contributed by atoms with van der Waals surface area (Å²) in [5, 5.41) is 5.51. The van der Waals surface area contributed by atoms with Gasteiger partial charge in [-0.05, 0) is 13.0 Å². The lowest BCUT2D eigenvalue weighted by Gasteiger charge is -2.15. The number of nitrogens with zero attached hydrogens (tertiary/aromatic N) is 2. The quantitative estimate of drug-likeness (QED) is 0.813. The fourth-order valence-corrected chi connectivity index (χ4v) is 2.95. The van der Waals surface area contributed by atoms with E-state index in [2.05, 4.69) is 10.3 Å². The van der Waals surface area contributed by atoms with Crippen molar-refractivity contribution in [2.24, 2.45) is 5.73 Å². The minimum atomic E-state index is -0.0626. The lowest BCUT2D eigenvalue weighted by Crippen LogP contribution is -2.37. The van der Waals surface area contributed by atoms with Gasteiger partial charge in [0.1, 0.15) is 5.69 Å². The molecule has 19 heavy (non-hydrogen) atoms. The molecule has 1 saturated heterocycles. The largest absolute Gasteiger partial charge is 0.352 e. The van der Waals surface area contributed by atoms with Crippen LogP contribution in [0.5, 0.6) is 0 Å². The molecule has 0 aliphatic carbocycles. The molecule has 0 radical (unpaired) electrons. The van der Waals surface area contributed by atoms with Crippen LogP contribution in [0.15, 0.2) is 5.38 Å². The van der Waals surface area contributed by atoms with Crippen molar-refractivity contribution < 1.29 is 9.59 Å². The third-order valence-electron chi connectivity index (χ3n) is 3.01. The maximum absolute atomic E-state index is 12.2. The molecule has 1 aromatic rings. The number of hydrogen-bond donors (Lipinski definition) is 2. The van der Waals surface area contributed by atoms with Crippen molar-refractivity contribution in [1.82, 2.24) is 15.2 Å². The van der Waals surface area contributed by atoms with E-state index < -0.39 is 0 Å². The molecule has 1 unspecified atom stereocenters. The lowest BCUT2D eigenvalue weighted by molar-refractivity contribution is -0.119. The smallest absolute Gasteiger partial charge is 0.273 e. The molecule has 7 heteroatoms. The zero-order valence-electron chi connectivity index (χ0n) is 10.9. The van der Waals surface area contributed by atoms with Gasteiger partial charge >= 0.3 is 0 Å². The van der Waals surface area contributed by atoms with Crippen molar-refractivity contribution in [3.8, 4) is 0 Å². The number of carbonyl (C=O) groups excluding carboxylic acids is 2. The number of nitrogens with two attached hydrogens (primary N) is 1. The highest BCUT2D eigenvalue weighted by Gasteiger charge is 2.28. The first-order valence-corrected chi connectivity index (χ1v) is 7.19. The normalized spacial score (nSPS) is 18.6. The van der Waals surface area contributed by atoms with Crippen molar-refractivity contribution in [1.29, 1.82) is 0 Å². The predicted molar refractivity (Wildman–Crippen MR) is 73.0 cm³/mol. The lowest BCUT2D eigenvalue weighted by atomic mass is 10.2. The number of nitrogens with one attached hydrogen (secondary N) is 1. The summed E-state index contributed by atoms with van der Waals surface area (Å²) in [4.78, 5) is 29.2. The van der Waals surface area contributed by atoms with E-state index in [0.29, 0.717) is 31.7 Å². The molecule has 3 N–H and O–H groups in total. The van der Waals surface area contributed by atoms with E-state index >= 15 is 0 Å². The Morgan fingerprint density at radius 1 is 1.63 bits per heavy atom. The second kappa shape index (κ2) is 6.12. The number of carbonyl (C=O) groups is 2. The molecule has 2 amide bonds. The number of aromatic nitrogens is 1. The molecule has 6 nitrogen and oxygen atoms in total. The molecule has 1 aliphatic rings. The molecule has 1 aliphatic heterocycles. The Morgan fingerprint density at radius 2 is 2.42 bits per heavy atom. The van der Waals surface area contributed by atoms with E-state index in [1.165, 1.54) is 18.3 Å². The zero-order valence-corrected chi connectivity index (χ0v) is 11.7. The summed E-state index contributed by atoms with van der Waals surface area (Å²) >= 11 is 1.46. The molecule has 1 atom stereocenters. The van der Waals surface area contributed by atoms with Crippen molar-refractivity contribution in [2.75, 3.05) is 19.6 Å². The van der Waals surface area contributed by atoms with Gasteiger partial charge in [0.2, 0.25) is 5.91 Å². The van der Waals surface area contributed by atoms with E-state index in [9.17, 15) is 9.59 Å². The van der Waals surface area contributed by atoms with E-state index in [1.54, 1.807) is 10.3 Å². The third-order valence-corrected chi connectivity index (χ3v) is 3.92. The van der Waals surface area contributed by atoms with E-state index in [4.69, 9.17) is 5.73 Å². The van der Waals surface area contributed by atoms with Gasteiger partial charge in [0.25, 0.3) is 5.91 Å². The topological polar surface area (TPSA) is 88.3 Å². The first kappa shape index (κ1) is 14.0. The third kappa shape index (κ3) is 3.51. The maximum Gasteiger partial charge on any atom is 0.273 e. The molecule has 2 rings (SSSR count). The first-order chi connectivity index (χ1) is 9.10. The molecule has 1 aromatic heterocycles. The Balaban J connectivity index is 1.94. The van der Waals surface area contributed by atoms with Crippen molar-refractivity contribution in [3.63, 3.8) is 0 Å². The minimum absolute atomic E-state index is 0.0572. The molecule has 1 fully saturated rings. The average Bonchev–Trinajstić information content (AvgIpc) is 2.97. The Labute approximate surface area is 116 Å². The number of likely N-dealkylation sites (tertiary alicyclic amines) is 1. The summed E-state index contributed by atoms with van der Waals surface area (Å²) < 4.78 is 0. The Hall–Kier alpha value is -1.47. The van der Waals surface area contributed by atoms with Crippen LogP contribution in [0.2, 0.25) is 0 Å². The summed E-state index contributed by atoms with van der Waals surface area (Å²) in [6.07, 6.45) is 1.50. The van der Waals surface area contributed by atoms with Crippen molar-refractivity contribution >= 4 is 23.2 Å². The Morgan fingerprint density at radius 3 is 3.11 bits per heavy atom. The zero-order chi connectivity index (χ0) is 13.8. The molecule has 2 heterocycles. The molecule has 104 valence electrons. The second-order valence-corrected chi connectivity index (χ2v) is 5.55. The highest BCUT2D eigenvalue weighted by molar-refractivity contribution is 7.09. The number of hydrogen-bond acceptors (Lipinski definition) is 5. The second-order valence-electron chi connectivity index (χ2n) is 4.60. The first-order valence-electron chi connectivity index (χ1n) is 6.31. The monoisotopic (exact) mass is 282 g/mol. The number of rotatable bonds is 4. The number of thiazole rings is 1. The van der Waals surface area contributed by atoms with Crippen LogP contribution in [-0.4, -0.2) is 47.4 Å². The molecule has 0 aromatic carbocycles. The number of amides is 2. The summed E-state index contributed by atoms with van der Waals surface area (Å²) in [7, 11) is 0. The van der Waals surface area contributed by atoms with Crippen LogP contribution in [0.3, 0.4) is 0 Å². The summed E-state index contributed by atoms with van der Waals surface area (Å²) in [6.45, 7) is 3.25. The van der Waals surface area contributed by atoms with Gasteiger partial charge < -0.3 is 16.0 Å². The summed E-state index contributed by atoms with van der Waals surface area (Å²) in [5.74, 6) is -0.120. The van der Waals surface area contributed by atoms with Gasteiger partial charge in [0.15, 0.2) is 0 Å². The van der Waals surface area contributed by atoms with Gasteiger partial charge in [-0.2, -0.15) is 0 Å². The standard InChI is InChI=1S/C12H18N4O2S/c1-8(17)14-9-3-5-16(6-9)12(18)10-7-19-11(15-10)2-4-13/h7,9H,2-6,13H2,1H3,(H,14,17).